The number of thioether (sulfide) groups is 1. The average molecular weight is 411 g/mol. The first-order valence-corrected chi connectivity index (χ1v) is 9.67. The number of nitriles is 1. The number of hydrogen-bond acceptors (Lipinski definition) is 5. The standard InChI is InChI=1S/C20H15ClN4O2S/c21-15-8-6-14(7-9-15)18-16(10-22)19(27)25-20(24-18)28-12-17(26)23-11-13-4-2-1-3-5-13/h1-9H,11-12H2,(H,23,26)(H,24,25,27). The summed E-state index contributed by atoms with van der Waals surface area (Å²) in [5.74, 6) is -0.101. The van der Waals surface area contributed by atoms with Gasteiger partial charge >= 0.3 is 0 Å². The Balaban J connectivity index is 1.72. The number of nitrogens with one attached hydrogen (secondary N) is 2. The van der Waals surface area contributed by atoms with Crippen molar-refractivity contribution < 1.29 is 4.79 Å². The quantitative estimate of drug-likeness (QED) is 0.479. The van der Waals surface area contributed by atoms with Crippen molar-refractivity contribution in [1.82, 2.24) is 15.3 Å². The van der Waals surface area contributed by atoms with Crippen molar-refractivity contribution in [3.8, 4) is 17.3 Å². The van der Waals surface area contributed by atoms with Crippen LogP contribution in [0.3, 0.4) is 0 Å². The number of benzene rings is 2. The number of halogens is 1. The Labute approximate surface area is 170 Å². The fourth-order valence-corrected chi connectivity index (χ4v) is 3.24. The molecule has 8 heteroatoms. The number of amides is 1. The summed E-state index contributed by atoms with van der Waals surface area (Å²) in [5.41, 5.74) is 1.23. The zero-order valence-corrected chi connectivity index (χ0v) is 16.2. The summed E-state index contributed by atoms with van der Waals surface area (Å²) in [4.78, 5) is 31.2. The normalized spacial score (nSPS) is 10.3. The topological polar surface area (TPSA) is 98.6 Å². The molecule has 1 aromatic heterocycles. The van der Waals surface area contributed by atoms with Crippen LogP contribution in [0.1, 0.15) is 11.1 Å². The van der Waals surface area contributed by atoms with Gasteiger partial charge in [0.1, 0.15) is 11.6 Å². The van der Waals surface area contributed by atoms with Crippen LogP contribution >= 0.6 is 23.4 Å². The Morgan fingerprint density at radius 2 is 1.89 bits per heavy atom. The number of carbonyl (C=O) groups excluding carboxylic acids is 1. The van der Waals surface area contributed by atoms with E-state index in [1.165, 1.54) is 0 Å². The number of rotatable bonds is 6. The maximum atomic E-state index is 12.2. The van der Waals surface area contributed by atoms with E-state index >= 15 is 0 Å². The molecular formula is C20H15ClN4O2S. The third kappa shape index (κ3) is 5.00. The lowest BCUT2D eigenvalue weighted by molar-refractivity contribution is -0.118. The number of hydrogen-bond donors (Lipinski definition) is 2. The Bertz CT molecular complexity index is 1080. The fourth-order valence-electron chi connectivity index (χ4n) is 2.42. The second-order valence-electron chi connectivity index (χ2n) is 5.76. The average Bonchev–Trinajstić information content (AvgIpc) is 2.71. The molecule has 28 heavy (non-hydrogen) atoms. The minimum atomic E-state index is -0.547. The van der Waals surface area contributed by atoms with Crippen LogP contribution in [-0.2, 0) is 11.3 Å². The third-order valence-corrected chi connectivity index (χ3v) is 4.92. The van der Waals surface area contributed by atoms with E-state index in [4.69, 9.17) is 11.6 Å². The molecule has 3 rings (SSSR count). The van der Waals surface area contributed by atoms with Crippen LogP contribution in [0.4, 0.5) is 0 Å². The highest BCUT2D eigenvalue weighted by Gasteiger charge is 2.14. The summed E-state index contributed by atoms with van der Waals surface area (Å²) in [7, 11) is 0. The van der Waals surface area contributed by atoms with Crippen molar-refractivity contribution in [1.29, 1.82) is 5.26 Å². The summed E-state index contributed by atoms with van der Waals surface area (Å²) in [6.07, 6.45) is 0. The van der Waals surface area contributed by atoms with E-state index < -0.39 is 5.56 Å². The second kappa shape index (κ2) is 9.22. The predicted octanol–water partition coefficient (Wildman–Crippen LogP) is 3.37. The van der Waals surface area contributed by atoms with Crippen LogP contribution in [-0.4, -0.2) is 21.6 Å². The molecule has 0 radical (unpaired) electrons. The molecule has 0 saturated carbocycles. The second-order valence-corrected chi connectivity index (χ2v) is 7.16. The predicted molar refractivity (Wildman–Crippen MR) is 109 cm³/mol. The lowest BCUT2D eigenvalue weighted by atomic mass is 10.1. The number of H-pyrrole nitrogens is 1. The van der Waals surface area contributed by atoms with Gasteiger partial charge in [-0.05, 0) is 17.7 Å². The highest BCUT2D eigenvalue weighted by atomic mass is 35.5. The molecule has 0 aliphatic heterocycles. The van der Waals surface area contributed by atoms with Crippen LogP contribution in [0.5, 0.6) is 0 Å². The van der Waals surface area contributed by atoms with Crippen LogP contribution in [0, 0.1) is 11.3 Å². The molecule has 0 aliphatic carbocycles. The number of carbonyl (C=O) groups is 1. The largest absolute Gasteiger partial charge is 0.351 e. The summed E-state index contributed by atoms with van der Waals surface area (Å²) in [6.45, 7) is 0.424. The molecule has 6 nitrogen and oxygen atoms in total. The Kier molecular flexibility index (Phi) is 6.48. The zero-order chi connectivity index (χ0) is 19.9. The SMILES string of the molecule is N#Cc1c(-c2ccc(Cl)cc2)nc(SCC(=O)NCc2ccccc2)[nH]c1=O. The van der Waals surface area contributed by atoms with Gasteiger partial charge in [-0.1, -0.05) is 65.8 Å². The molecule has 140 valence electrons. The molecule has 3 aromatic rings. The van der Waals surface area contributed by atoms with Crippen molar-refractivity contribution >= 4 is 29.3 Å². The zero-order valence-electron chi connectivity index (χ0n) is 14.6. The van der Waals surface area contributed by atoms with Crippen LogP contribution < -0.4 is 10.9 Å². The lowest BCUT2D eigenvalue weighted by Gasteiger charge is -2.07. The van der Waals surface area contributed by atoms with Gasteiger partial charge in [0.2, 0.25) is 5.91 Å². The number of aromatic nitrogens is 2. The Morgan fingerprint density at radius 3 is 2.57 bits per heavy atom. The fraction of sp³-hybridized carbons (Fsp3) is 0.100. The summed E-state index contributed by atoms with van der Waals surface area (Å²) < 4.78 is 0. The van der Waals surface area contributed by atoms with Gasteiger partial charge in [-0.25, -0.2) is 4.98 Å². The minimum Gasteiger partial charge on any atom is -0.351 e. The summed E-state index contributed by atoms with van der Waals surface area (Å²) in [5, 5.41) is 12.9. The van der Waals surface area contributed by atoms with E-state index in [2.05, 4.69) is 15.3 Å². The minimum absolute atomic E-state index is 0.0831. The molecule has 0 aliphatic rings. The molecule has 0 unspecified atom stereocenters. The van der Waals surface area contributed by atoms with Crippen molar-refractivity contribution in [3.63, 3.8) is 0 Å². The van der Waals surface area contributed by atoms with E-state index in [1.54, 1.807) is 24.3 Å². The van der Waals surface area contributed by atoms with Crippen molar-refractivity contribution in [3.05, 3.63) is 81.1 Å². The highest BCUT2D eigenvalue weighted by molar-refractivity contribution is 7.99. The Hall–Kier alpha value is -3.08. The van der Waals surface area contributed by atoms with Gasteiger partial charge in [0.25, 0.3) is 5.56 Å². The van der Waals surface area contributed by atoms with E-state index in [1.807, 2.05) is 36.4 Å². The van der Waals surface area contributed by atoms with Crippen LogP contribution in [0.25, 0.3) is 11.3 Å². The Morgan fingerprint density at radius 1 is 1.18 bits per heavy atom. The van der Waals surface area contributed by atoms with Gasteiger partial charge in [0, 0.05) is 17.1 Å². The van der Waals surface area contributed by atoms with Gasteiger partial charge < -0.3 is 10.3 Å². The number of nitrogens with zero attached hydrogens (tertiary/aromatic N) is 2. The molecule has 0 saturated heterocycles. The molecule has 0 atom stereocenters. The molecular weight excluding hydrogens is 396 g/mol. The van der Waals surface area contributed by atoms with E-state index in [-0.39, 0.29) is 28.1 Å². The first-order valence-electron chi connectivity index (χ1n) is 8.30. The third-order valence-electron chi connectivity index (χ3n) is 3.80. The maximum absolute atomic E-state index is 12.2. The molecule has 2 aromatic carbocycles. The summed E-state index contributed by atoms with van der Waals surface area (Å²) >= 11 is 6.99. The van der Waals surface area contributed by atoms with Crippen molar-refractivity contribution in [2.45, 2.75) is 11.7 Å². The van der Waals surface area contributed by atoms with Crippen LogP contribution in [0.2, 0.25) is 5.02 Å². The molecule has 0 spiro atoms. The van der Waals surface area contributed by atoms with Gasteiger partial charge in [0.15, 0.2) is 5.16 Å². The van der Waals surface area contributed by atoms with E-state index in [0.29, 0.717) is 17.1 Å². The molecule has 2 N–H and O–H groups in total. The van der Waals surface area contributed by atoms with Gasteiger partial charge in [-0.15, -0.1) is 0 Å². The molecule has 1 heterocycles. The van der Waals surface area contributed by atoms with E-state index in [0.717, 1.165) is 17.3 Å². The van der Waals surface area contributed by atoms with Gasteiger partial charge in [-0.3, -0.25) is 9.59 Å². The van der Waals surface area contributed by atoms with Gasteiger partial charge in [-0.2, -0.15) is 5.26 Å². The lowest BCUT2D eigenvalue weighted by Crippen LogP contribution is -2.25. The first kappa shape index (κ1) is 19.7. The molecule has 0 fully saturated rings. The smallest absolute Gasteiger partial charge is 0.270 e. The van der Waals surface area contributed by atoms with E-state index in [9.17, 15) is 14.9 Å². The van der Waals surface area contributed by atoms with Crippen molar-refractivity contribution in [2.24, 2.45) is 0 Å². The van der Waals surface area contributed by atoms with Crippen molar-refractivity contribution in [2.75, 3.05) is 5.75 Å². The maximum Gasteiger partial charge on any atom is 0.270 e. The first-order chi connectivity index (χ1) is 13.6. The summed E-state index contributed by atoms with van der Waals surface area (Å²) in [6, 6.07) is 18.1. The van der Waals surface area contributed by atoms with Crippen LogP contribution in [0.15, 0.2) is 64.5 Å². The highest BCUT2D eigenvalue weighted by Crippen LogP contribution is 2.23. The molecule has 1 amide bonds. The molecule has 0 bridgehead atoms. The number of aromatic amines is 1. The monoisotopic (exact) mass is 410 g/mol. The van der Waals surface area contributed by atoms with Gasteiger partial charge in [0.05, 0.1) is 11.4 Å².